The summed E-state index contributed by atoms with van der Waals surface area (Å²) in [7, 11) is 0. The molecule has 2 aromatic rings. The molecule has 0 saturated heterocycles. The number of halogens is 2. The van der Waals surface area contributed by atoms with Crippen molar-refractivity contribution in [2.75, 3.05) is 0 Å². The highest BCUT2D eigenvalue weighted by Crippen LogP contribution is 2.26. The zero-order valence-electron chi connectivity index (χ0n) is 8.02. The molecule has 1 aromatic carbocycles. The minimum Gasteiger partial charge on any atom is -0.508 e. The van der Waals surface area contributed by atoms with Gasteiger partial charge in [0, 0.05) is 9.77 Å². The summed E-state index contributed by atoms with van der Waals surface area (Å²) < 4.78 is 7.61. The number of benzene rings is 1. The Bertz CT molecular complexity index is 500. The second-order valence-electron chi connectivity index (χ2n) is 3.04. The van der Waals surface area contributed by atoms with Crippen molar-refractivity contribution in [3.63, 3.8) is 0 Å². The van der Waals surface area contributed by atoms with E-state index in [2.05, 4.69) is 50.2 Å². The van der Waals surface area contributed by atoms with Crippen molar-refractivity contribution >= 4 is 45.2 Å². The molecule has 0 spiro atoms. The third-order valence-corrected chi connectivity index (χ3v) is 3.19. The molecule has 0 bridgehead atoms. The zero-order valence-corrected chi connectivity index (χ0v) is 12.3. The number of ether oxygens (including phenoxy) is 1. The minimum atomic E-state index is 0.220. The first-order valence-corrected chi connectivity index (χ1v) is 6.59. The lowest BCUT2D eigenvalue weighted by Gasteiger charge is -2.06. The molecule has 3 nitrogen and oxygen atoms in total. The number of phenols is 1. The Morgan fingerprint density at radius 3 is 2.44 bits per heavy atom. The second-order valence-corrected chi connectivity index (χ2v) is 5.44. The number of pyridine rings is 1. The molecule has 5 heteroatoms. The van der Waals surface area contributed by atoms with Crippen molar-refractivity contribution in [2.45, 2.75) is 0 Å². The Morgan fingerprint density at radius 1 is 1.12 bits per heavy atom. The van der Waals surface area contributed by atoms with Crippen LogP contribution in [-0.2, 0) is 0 Å². The lowest BCUT2D eigenvalue weighted by atomic mass is 10.3. The first-order chi connectivity index (χ1) is 7.65. The number of hydrogen-bond acceptors (Lipinski definition) is 3. The molecule has 0 amide bonds. The van der Waals surface area contributed by atoms with E-state index < -0.39 is 0 Å². The molecular formula is C11H7I2NO2. The van der Waals surface area contributed by atoms with Crippen LogP contribution in [-0.4, -0.2) is 10.1 Å². The number of nitrogens with zero attached hydrogens (tertiary/aromatic N) is 1. The summed E-state index contributed by atoms with van der Waals surface area (Å²) in [6, 6.07) is 8.55. The molecule has 0 saturated carbocycles. The molecule has 0 aliphatic heterocycles. The molecule has 82 valence electrons. The number of hydrogen-bond donors (Lipinski definition) is 1. The number of aromatic nitrogens is 1. The van der Waals surface area contributed by atoms with Gasteiger partial charge in [-0.2, -0.15) is 0 Å². The van der Waals surface area contributed by atoms with E-state index in [0.29, 0.717) is 11.6 Å². The largest absolute Gasteiger partial charge is 0.508 e. The molecule has 0 fully saturated rings. The Kier molecular flexibility index (Phi) is 3.85. The summed E-state index contributed by atoms with van der Waals surface area (Å²) in [5.74, 6) is 1.45. The van der Waals surface area contributed by atoms with E-state index in [4.69, 9.17) is 9.84 Å². The van der Waals surface area contributed by atoms with E-state index in [9.17, 15) is 0 Å². The topological polar surface area (TPSA) is 42.4 Å². The van der Waals surface area contributed by atoms with Gasteiger partial charge in [-0.25, -0.2) is 4.98 Å². The molecule has 0 aliphatic carbocycles. The average molecular weight is 439 g/mol. The van der Waals surface area contributed by atoms with Crippen molar-refractivity contribution in [3.8, 4) is 17.4 Å². The quantitative estimate of drug-likeness (QED) is 0.725. The zero-order chi connectivity index (χ0) is 11.5. The summed E-state index contributed by atoms with van der Waals surface area (Å²) in [4.78, 5) is 4.20. The molecular weight excluding hydrogens is 432 g/mol. The highest BCUT2D eigenvalue weighted by atomic mass is 127. The normalized spacial score (nSPS) is 10.1. The molecule has 1 N–H and O–H groups in total. The Balaban J connectivity index is 2.23. The van der Waals surface area contributed by atoms with Crippen molar-refractivity contribution in [1.82, 2.24) is 4.98 Å². The third-order valence-electron chi connectivity index (χ3n) is 1.83. The highest BCUT2D eigenvalue weighted by Gasteiger charge is 2.04. The molecule has 0 radical (unpaired) electrons. The second kappa shape index (κ2) is 5.17. The first-order valence-electron chi connectivity index (χ1n) is 4.43. The fraction of sp³-hybridized carbons (Fsp3) is 0. The number of phenolic OH excluding ortho intramolecular Hbond substituents is 1. The smallest absolute Gasteiger partial charge is 0.232 e. The van der Waals surface area contributed by atoms with E-state index in [0.717, 1.165) is 7.14 Å². The predicted molar refractivity (Wildman–Crippen MR) is 77.9 cm³/mol. The van der Waals surface area contributed by atoms with Crippen LogP contribution in [0.25, 0.3) is 0 Å². The molecule has 1 heterocycles. The maximum atomic E-state index is 9.14. The van der Waals surface area contributed by atoms with Crippen LogP contribution in [0, 0.1) is 7.14 Å². The van der Waals surface area contributed by atoms with Crippen LogP contribution in [0.15, 0.2) is 36.5 Å². The van der Waals surface area contributed by atoms with E-state index in [1.165, 1.54) is 0 Å². The fourth-order valence-electron chi connectivity index (χ4n) is 1.10. The van der Waals surface area contributed by atoms with Gasteiger partial charge in [-0.3, -0.25) is 0 Å². The average Bonchev–Trinajstić information content (AvgIpc) is 2.25. The molecule has 0 atom stereocenters. The Labute approximate surface area is 120 Å². The molecule has 0 aliphatic rings. The summed E-state index contributed by atoms with van der Waals surface area (Å²) >= 11 is 4.38. The van der Waals surface area contributed by atoms with Gasteiger partial charge in [0.15, 0.2) is 0 Å². The van der Waals surface area contributed by atoms with Crippen LogP contribution in [0.4, 0.5) is 0 Å². The standard InChI is InChI=1S/C11H7I2NO2/c12-7-5-10(13)11(14-6-7)16-9-3-1-8(15)2-4-9/h1-6,15H. The lowest BCUT2D eigenvalue weighted by molar-refractivity contribution is 0.451. The first kappa shape index (κ1) is 11.9. The Morgan fingerprint density at radius 2 is 1.81 bits per heavy atom. The van der Waals surface area contributed by atoms with Crippen LogP contribution in [0.1, 0.15) is 0 Å². The number of rotatable bonds is 2. The van der Waals surface area contributed by atoms with Crippen LogP contribution < -0.4 is 4.74 Å². The molecule has 2 rings (SSSR count). The van der Waals surface area contributed by atoms with Crippen LogP contribution in [0.3, 0.4) is 0 Å². The van der Waals surface area contributed by atoms with Gasteiger partial charge in [-0.1, -0.05) is 0 Å². The van der Waals surface area contributed by atoms with Crippen molar-refractivity contribution < 1.29 is 9.84 Å². The van der Waals surface area contributed by atoms with Crippen molar-refractivity contribution in [2.24, 2.45) is 0 Å². The Hall–Kier alpha value is -0.570. The van der Waals surface area contributed by atoms with Gasteiger partial charge in [-0.05, 0) is 75.5 Å². The van der Waals surface area contributed by atoms with E-state index in [-0.39, 0.29) is 5.75 Å². The van der Waals surface area contributed by atoms with Crippen LogP contribution >= 0.6 is 45.2 Å². The maximum absolute atomic E-state index is 9.14. The highest BCUT2D eigenvalue weighted by molar-refractivity contribution is 14.1. The SMILES string of the molecule is Oc1ccc(Oc2ncc(I)cc2I)cc1. The van der Waals surface area contributed by atoms with Crippen molar-refractivity contribution in [1.29, 1.82) is 0 Å². The summed E-state index contributed by atoms with van der Waals surface area (Å²) in [5, 5.41) is 9.14. The lowest BCUT2D eigenvalue weighted by Crippen LogP contribution is -1.91. The van der Waals surface area contributed by atoms with Gasteiger partial charge in [0.05, 0.1) is 3.57 Å². The molecule has 1 aromatic heterocycles. The molecule has 0 unspecified atom stereocenters. The van der Waals surface area contributed by atoms with Crippen LogP contribution in [0.2, 0.25) is 0 Å². The number of aromatic hydroxyl groups is 1. The third kappa shape index (κ3) is 2.97. The maximum Gasteiger partial charge on any atom is 0.232 e. The predicted octanol–water partition coefficient (Wildman–Crippen LogP) is 3.79. The van der Waals surface area contributed by atoms with Gasteiger partial charge in [0.1, 0.15) is 11.5 Å². The van der Waals surface area contributed by atoms with Gasteiger partial charge < -0.3 is 9.84 Å². The van der Waals surface area contributed by atoms with Crippen molar-refractivity contribution in [3.05, 3.63) is 43.7 Å². The van der Waals surface area contributed by atoms with E-state index in [1.807, 2.05) is 6.07 Å². The van der Waals surface area contributed by atoms with Gasteiger partial charge >= 0.3 is 0 Å². The van der Waals surface area contributed by atoms with Crippen LogP contribution in [0.5, 0.6) is 17.4 Å². The van der Waals surface area contributed by atoms with Gasteiger partial charge in [-0.15, -0.1) is 0 Å². The van der Waals surface area contributed by atoms with Gasteiger partial charge in [0.2, 0.25) is 5.88 Å². The molecule has 16 heavy (non-hydrogen) atoms. The summed E-state index contributed by atoms with van der Waals surface area (Å²) in [5.41, 5.74) is 0. The fourth-order valence-corrected chi connectivity index (χ4v) is 2.73. The summed E-state index contributed by atoms with van der Waals surface area (Å²) in [6.45, 7) is 0. The van der Waals surface area contributed by atoms with E-state index >= 15 is 0 Å². The monoisotopic (exact) mass is 439 g/mol. The van der Waals surface area contributed by atoms with E-state index in [1.54, 1.807) is 30.5 Å². The van der Waals surface area contributed by atoms with Gasteiger partial charge in [0.25, 0.3) is 0 Å². The minimum absolute atomic E-state index is 0.220. The summed E-state index contributed by atoms with van der Waals surface area (Å²) in [6.07, 6.45) is 1.75.